The quantitative estimate of drug-likeness (QED) is 0.651. The van der Waals surface area contributed by atoms with Crippen LogP contribution in [-0.2, 0) is 27.2 Å². The SMILES string of the molecule is COC(=O)[C@@H](C)Cc1cncc(N)c1.C[C@@H](Cc1cncc(N)c1)C(=O)O. The molecule has 2 heterocycles. The fraction of sp³-hybridized carbons (Fsp3) is 0.368. The molecule has 146 valence electrons. The van der Waals surface area contributed by atoms with Gasteiger partial charge in [-0.25, -0.2) is 0 Å². The maximum Gasteiger partial charge on any atom is 0.308 e. The number of methoxy groups -OCH3 is 1. The van der Waals surface area contributed by atoms with E-state index in [2.05, 4.69) is 14.7 Å². The van der Waals surface area contributed by atoms with E-state index < -0.39 is 11.9 Å². The van der Waals surface area contributed by atoms with Gasteiger partial charge in [-0.3, -0.25) is 19.6 Å². The summed E-state index contributed by atoms with van der Waals surface area (Å²) in [5, 5.41) is 8.66. The van der Waals surface area contributed by atoms with Crippen LogP contribution in [0.15, 0.2) is 36.9 Å². The van der Waals surface area contributed by atoms with Crippen molar-refractivity contribution >= 4 is 23.3 Å². The number of aliphatic carboxylic acids is 1. The van der Waals surface area contributed by atoms with E-state index in [0.717, 1.165) is 11.1 Å². The minimum atomic E-state index is -0.803. The average molecular weight is 374 g/mol. The van der Waals surface area contributed by atoms with Crippen LogP contribution in [0.25, 0.3) is 0 Å². The van der Waals surface area contributed by atoms with Gasteiger partial charge >= 0.3 is 11.9 Å². The third kappa shape index (κ3) is 8.17. The van der Waals surface area contributed by atoms with E-state index in [1.807, 2.05) is 13.0 Å². The molecule has 5 N–H and O–H groups in total. The third-order valence-corrected chi connectivity index (χ3v) is 3.74. The van der Waals surface area contributed by atoms with Crippen LogP contribution in [0.1, 0.15) is 25.0 Å². The van der Waals surface area contributed by atoms with Crippen molar-refractivity contribution < 1.29 is 19.4 Å². The molecule has 0 fully saturated rings. The molecule has 0 saturated carbocycles. The summed E-state index contributed by atoms with van der Waals surface area (Å²) >= 11 is 0. The van der Waals surface area contributed by atoms with Gasteiger partial charge in [0.25, 0.3) is 0 Å². The number of ether oxygens (including phenoxy) is 1. The number of carbonyl (C=O) groups is 2. The Kier molecular flexibility index (Phi) is 8.71. The first-order valence-electron chi connectivity index (χ1n) is 8.42. The number of esters is 1. The van der Waals surface area contributed by atoms with Crippen LogP contribution < -0.4 is 11.5 Å². The van der Waals surface area contributed by atoms with E-state index in [-0.39, 0.29) is 11.9 Å². The normalized spacial score (nSPS) is 12.3. The highest BCUT2D eigenvalue weighted by molar-refractivity contribution is 5.72. The third-order valence-electron chi connectivity index (χ3n) is 3.74. The fourth-order valence-electron chi connectivity index (χ4n) is 2.32. The second kappa shape index (κ2) is 10.7. The molecule has 0 spiro atoms. The number of nitrogens with zero attached hydrogens (tertiary/aromatic N) is 2. The number of pyridine rings is 2. The lowest BCUT2D eigenvalue weighted by molar-refractivity contribution is -0.144. The molecule has 27 heavy (non-hydrogen) atoms. The van der Waals surface area contributed by atoms with Gasteiger partial charge in [0.05, 0.1) is 30.3 Å². The molecule has 0 aliphatic rings. The van der Waals surface area contributed by atoms with Crippen LogP contribution in [0.3, 0.4) is 0 Å². The van der Waals surface area contributed by atoms with Crippen molar-refractivity contribution in [1.82, 2.24) is 9.97 Å². The second-order valence-electron chi connectivity index (χ2n) is 6.32. The Hall–Kier alpha value is -3.16. The molecule has 2 atom stereocenters. The highest BCUT2D eigenvalue weighted by atomic mass is 16.5. The number of rotatable bonds is 6. The lowest BCUT2D eigenvalue weighted by Crippen LogP contribution is -2.15. The zero-order valence-electron chi connectivity index (χ0n) is 15.8. The molecule has 0 aliphatic heterocycles. The summed E-state index contributed by atoms with van der Waals surface area (Å²) in [6, 6.07) is 3.55. The minimum Gasteiger partial charge on any atom is -0.481 e. The smallest absolute Gasteiger partial charge is 0.308 e. The molecule has 0 unspecified atom stereocenters. The van der Waals surface area contributed by atoms with E-state index in [4.69, 9.17) is 16.6 Å². The van der Waals surface area contributed by atoms with Crippen LogP contribution in [0.4, 0.5) is 11.4 Å². The maximum absolute atomic E-state index is 11.1. The molecule has 0 aromatic carbocycles. The second-order valence-corrected chi connectivity index (χ2v) is 6.32. The molecule has 2 aromatic rings. The van der Waals surface area contributed by atoms with Crippen LogP contribution >= 0.6 is 0 Å². The van der Waals surface area contributed by atoms with Crippen molar-refractivity contribution in [3.8, 4) is 0 Å². The predicted octanol–water partition coefficient (Wildman–Crippen LogP) is 1.94. The van der Waals surface area contributed by atoms with E-state index in [1.54, 1.807) is 31.6 Å². The standard InChI is InChI=1S/C10H14N2O2.C9H12N2O2/c1-7(10(13)14-2)3-8-4-9(11)6-12-5-8;1-6(9(12)13)2-7-3-8(10)5-11-4-7/h4-7H,3,11H2,1-2H3;3-6H,2,10H2,1H3,(H,12,13)/t7-;6-/m00/s1. The largest absolute Gasteiger partial charge is 0.481 e. The number of hydrogen-bond acceptors (Lipinski definition) is 7. The lowest BCUT2D eigenvalue weighted by atomic mass is 10.0. The molecule has 0 amide bonds. The first-order chi connectivity index (χ1) is 12.7. The topological polar surface area (TPSA) is 141 Å². The summed E-state index contributed by atoms with van der Waals surface area (Å²) in [6.45, 7) is 3.47. The number of aromatic nitrogens is 2. The Morgan fingerprint density at radius 1 is 0.963 bits per heavy atom. The number of anilines is 2. The first kappa shape index (κ1) is 21.9. The van der Waals surface area contributed by atoms with Crippen molar-refractivity contribution in [2.24, 2.45) is 11.8 Å². The van der Waals surface area contributed by atoms with Crippen molar-refractivity contribution in [2.75, 3.05) is 18.6 Å². The Bertz CT molecular complexity index is 767. The van der Waals surface area contributed by atoms with E-state index in [0.29, 0.717) is 24.2 Å². The summed E-state index contributed by atoms with van der Waals surface area (Å²) in [5.74, 6) is -1.58. The van der Waals surface area contributed by atoms with Crippen LogP contribution in [0.2, 0.25) is 0 Å². The molecule has 0 radical (unpaired) electrons. The monoisotopic (exact) mass is 374 g/mol. The molecular weight excluding hydrogens is 348 g/mol. The summed E-state index contributed by atoms with van der Waals surface area (Å²) in [7, 11) is 1.39. The van der Waals surface area contributed by atoms with E-state index >= 15 is 0 Å². The first-order valence-corrected chi connectivity index (χ1v) is 8.42. The summed E-state index contributed by atoms with van der Waals surface area (Å²) in [5.41, 5.74) is 14.0. The highest BCUT2D eigenvalue weighted by Crippen LogP contribution is 2.11. The van der Waals surface area contributed by atoms with Gasteiger partial charge < -0.3 is 21.3 Å². The van der Waals surface area contributed by atoms with E-state index in [9.17, 15) is 9.59 Å². The lowest BCUT2D eigenvalue weighted by Gasteiger charge is -2.08. The van der Waals surface area contributed by atoms with E-state index in [1.165, 1.54) is 13.3 Å². The van der Waals surface area contributed by atoms with Gasteiger partial charge in [0, 0.05) is 24.8 Å². The molecule has 2 aromatic heterocycles. The van der Waals surface area contributed by atoms with Crippen LogP contribution in [0.5, 0.6) is 0 Å². The number of carbonyl (C=O) groups excluding carboxylic acids is 1. The van der Waals surface area contributed by atoms with Gasteiger partial charge in [-0.05, 0) is 36.1 Å². The number of hydrogen-bond donors (Lipinski definition) is 3. The van der Waals surface area contributed by atoms with Gasteiger partial charge in [0.2, 0.25) is 0 Å². The fourth-order valence-corrected chi connectivity index (χ4v) is 2.32. The Morgan fingerprint density at radius 3 is 1.78 bits per heavy atom. The van der Waals surface area contributed by atoms with Crippen LogP contribution in [0, 0.1) is 11.8 Å². The molecular formula is C19H26N4O4. The average Bonchev–Trinajstić information content (AvgIpc) is 2.61. The minimum absolute atomic E-state index is 0.163. The van der Waals surface area contributed by atoms with Crippen molar-refractivity contribution in [1.29, 1.82) is 0 Å². The molecule has 0 bridgehead atoms. The Labute approximate surface area is 158 Å². The summed E-state index contributed by atoms with van der Waals surface area (Å²) < 4.78 is 4.62. The molecule has 8 nitrogen and oxygen atoms in total. The molecule has 0 saturated heterocycles. The number of nitrogen functional groups attached to an aromatic ring is 2. The van der Waals surface area contributed by atoms with Crippen LogP contribution in [-0.4, -0.2) is 34.1 Å². The molecule has 2 rings (SSSR count). The van der Waals surface area contributed by atoms with Gasteiger partial charge in [-0.2, -0.15) is 0 Å². The Balaban J connectivity index is 0.000000271. The van der Waals surface area contributed by atoms with Crippen molar-refractivity contribution in [3.63, 3.8) is 0 Å². The molecule has 0 aliphatic carbocycles. The molecule has 8 heteroatoms. The summed E-state index contributed by atoms with van der Waals surface area (Å²) in [4.78, 5) is 29.5. The van der Waals surface area contributed by atoms with Gasteiger partial charge in [0.1, 0.15) is 0 Å². The maximum atomic E-state index is 11.1. The van der Waals surface area contributed by atoms with Gasteiger partial charge in [-0.1, -0.05) is 13.8 Å². The van der Waals surface area contributed by atoms with Gasteiger partial charge in [0.15, 0.2) is 0 Å². The highest BCUT2D eigenvalue weighted by Gasteiger charge is 2.13. The van der Waals surface area contributed by atoms with Crippen molar-refractivity contribution in [3.05, 3.63) is 48.0 Å². The number of carboxylic acids is 1. The number of nitrogens with two attached hydrogens (primary N) is 2. The van der Waals surface area contributed by atoms with Gasteiger partial charge in [-0.15, -0.1) is 0 Å². The zero-order chi connectivity index (χ0) is 20.4. The predicted molar refractivity (Wildman–Crippen MR) is 103 cm³/mol. The summed E-state index contributed by atoms with van der Waals surface area (Å²) in [6.07, 6.45) is 7.52. The zero-order valence-corrected chi connectivity index (χ0v) is 15.8. The van der Waals surface area contributed by atoms with Crippen molar-refractivity contribution in [2.45, 2.75) is 26.7 Å². The Morgan fingerprint density at radius 2 is 1.41 bits per heavy atom. The number of carboxylic acid groups (broad SMARTS) is 1.